The highest BCUT2D eigenvalue weighted by atomic mass is 16.5. The van der Waals surface area contributed by atoms with Crippen LogP contribution in [0.2, 0.25) is 0 Å². The van der Waals surface area contributed by atoms with Crippen molar-refractivity contribution in [1.82, 2.24) is 0 Å². The average Bonchev–Trinajstić information content (AvgIpc) is 2.32. The number of nitrogens with two attached hydrogens (primary N) is 2. The molecule has 0 aromatic heterocycles. The van der Waals surface area contributed by atoms with Gasteiger partial charge in [0, 0.05) is 0 Å². The average molecular weight is 265 g/mol. The fourth-order valence-electron chi connectivity index (χ4n) is 1.56. The molecule has 0 bridgehead atoms. The molecular formula is C13H19N3O3. The number of hydrogen-bond donors (Lipinski definition) is 2. The second-order valence-electron chi connectivity index (χ2n) is 3.75. The van der Waals surface area contributed by atoms with Gasteiger partial charge >= 0.3 is 0 Å². The van der Waals surface area contributed by atoms with Crippen LogP contribution < -0.4 is 20.9 Å². The monoisotopic (exact) mass is 265 g/mol. The third-order valence-electron chi connectivity index (χ3n) is 2.22. The lowest BCUT2D eigenvalue weighted by molar-refractivity contribution is -0.117. The van der Waals surface area contributed by atoms with Gasteiger partial charge in [-0.25, -0.2) is 0 Å². The Hall–Kier alpha value is -2.24. The summed E-state index contributed by atoms with van der Waals surface area (Å²) in [5.74, 6) is 0.634. The molecule has 0 saturated heterocycles. The fraction of sp³-hybridized carbons (Fsp3) is 0.385. The van der Waals surface area contributed by atoms with Gasteiger partial charge in [0.2, 0.25) is 0 Å². The van der Waals surface area contributed by atoms with E-state index in [0.29, 0.717) is 24.7 Å². The van der Waals surface area contributed by atoms with Crippen LogP contribution in [0.1, 0.15) is 19.4 Å². The molecular weight excluding hydrogens is 246 g/mol. The molecule has 104 valence electrons. The summed E-state index contributed by atoms with van der Waals surface area (Å²) < 4.78 is 10.9. The van der Waals surface area contributed by atoms with Crippen LogP contribution in [0.15, 0.2) is 23.2 Å². The minimum Gasteiger partial charge on any atom is -0.490 e. The Morgan fingerprint density at radius 1 is 1.16 bits per heavy atom. The van der Waals surface area contributed by atoms with E-state index < -0.39 is 5.91 Å². The molecule has 0 atom stereocenters. The molecule has 1 rings (SSSR count). The fourth-order valence-corrected chi connectivity index (χ4v) is 1.56. The molecule has 0 heterocycles. The number of aliphatic imine (C=N–C) groups is 1. The molecule has 0 aliphatic rings. The summed E-state index contributed by atoms with van der Waals surface area (Å²) in [5.41, 5.74) is 11.1. The van der Waals surface area contributed by atoms with E-state index in [0.717, 1.165) is 5.56 Å². The van der Waals surface area contributed by atoms with E-state index in [1.54, 1.807) is 18.2 Å². The zero-order valence-electron chi connectivity index (χ0n) is 11.2. The maximum Gasteiger partial charge on any atom is 0.253 e. The summed E-state index contributed by atoms with van der Waals surface area (Å²) in [6.07, 6.45) is 0.115. The number of nitrogens with zero attached hydrogens (tertiary/aromatic N) is 1. The second-order valence-corrected chi connectivity index (χ2v) is 3.75. The van der Waals surface area contributed by atoms with Gasteiger partial charge in [0.15, 0.2) is 17.5 Å². The summed E-state index contributed by atoms with van der Waals surface area (Å²) in [6.45, 7) is 4.84. The van der Waals surface area contributed by atoms with Crippen LogP contribution in [0.3, 0.4) is 0 Å². The van der Waals surface area contributed by atoms with Crippen LogP contribution in [0.4, 0.5) is 0 Å². The maximum atomic E-state index is 11.5. The Morgan fingerprint density at radius 2 is 1.79 bits per heavy atom. The van der Waals surface area contributed by atoms with E-state index in [2.05, 4.69) is 4.99 Å². The quantitative estimate of drug-likeness (QED) is 0.586. The zero-order chi connectivity index (χ0) is 14.3. The third kappa shape index (κ3) is 4.87. The molecule has 0 spiro atoms. The van der Waals surface area contributed by atoms with E-state index >= 15 is 0 Å². The molecule has 0 unspecified atom stereocenters. The molecule has 0 aliphatic carbocycles. The predicted molar refractivity (Wildman–Crippen MR) is 73.3 cm³/mol. The van der Waals surface area contributed by atoms with Gasteiger partial charge in [-0.3, -0.25) is 4.79 Å². The molecule has 6 nitrogen and oxygen atoms in total. The van der Waals surface area contributed by atoms with Gasteiger partial charge < -0.3 is 20.9 Å². The summed E-state index contributed by atoms with van der Waals surface area (Å²) in [5, 5.41) is 0. The number of hydrogen-bond acceptors (Lipinski definition) is 3. The first-order valence-electron chi connectivity index (χ1n) is 6.07. The van der Waals surface area contributed by atoms with Crippen molar-refractivity contribution in [1.29, 1.82) is 0 Å². The number of amides is 1. The van der Waals surface area contributed by atoms with Gasteiger partial charge in [0.1, 0.15) is 0 Å². The van der Waals surface area contributed by atoms with Crippen molar-refractivity contribution in [2.45, 2.75) is 20.3 Å². The molecule has 0 radical (unpaired) electrons. The van der Waals surface area contributed by atoms with Crippen LogP contribution in [-0.4, -0.2) is 25.1 Å². The number of carbonyl (C=O) groups is 1. The third-order valence-corrected chi connectivity index (χ3v) is 2.22. The molecule has 0 aliphatic heterocycles. The Morgan fingerprint density at radius 3 is 2.37 bits per heavy atom. The minimum atomic E-state index is -0.397. The topological polar surface area (TPSA) is 99.9 Å². The van der Waals surface area contributed by atoms with E-state index in [9.17, 15) is 4.79 Å². The number of ether oxygens (including phenoxy) is 2. The van der Waals surface area contributed by atoms with Crippen molar-refractivity contribution in [3.63, 3.8) is 0 Å². The molecule has 19 heavy (non-hydrogen) atoms. The molecule has 4 N–H and O–H groups in total. The van der Waals surface area contributed by atoms with Crippen LogP contribution in [0, 0.1) is 0 Å². The molecule has 0 fully saturated rings. The minimum absolute atomic E-state index is 0.115. The van der Waals surface area contributed by atoms with Crippen molar-refractivity contribution < 1.29 is 14.3 Å². The van der Waals surface area contributed by atoms with Crippen molar-refractivity contribution in [2.75, 3.05) is 13.2 Å². The molecule has 1 aromatic rings. The molecule has 6 heteroatoms. The van der Waals surface area contributed by atoms with Gasteiger partial charge in [-0.15, -0.1) is 0 Å². The van der Waals surface area contributed by atoms with Gasteiger partial charge in [-0.05, 0) is 31.5 Å². The lowest BCUT2D eigenvalue weighted by Crippen LogP contribution is -2.24. The number of rotatable bonds is 6. The van der Waals surface area contributed by atoms with Gasteiger partial charge in [0.25, 0.3) is 5.91 Å². The van der Waals surface area contributed by atoms with Crippen molar-refractivity contribution in [2.24, 2.45) is 16.5 Å². The van der Waals surface area contributed by atoms with Crippen LogP contribution >= 0.6 is 0 Å². The van der Waals surface area contributed by atoms with E-state index in [1.807, 2.05) is 13.8 Å². The maximum absolute atomic E-state index is 11.5. The molecule has 0 saturated carbocycles. The van der Waals surface area contributed by atoms with E-state index in [1.165, 1.54) is 0 Å². The first-order chi connectivity index (χ1) is 9.06. The normalized spacial score (nSPS) is 9.79. The van der Waals surface area contributed by atoms with Crippen molar-refractivity contribution >= 4 is 11.9 Å². The first kappa shape index (κ1) is 14.8. The Kier molecular flexibility index (Phi) is 5.66. The highest BCUT2D eigenvalue weighted by Gasteiger charge is 2.09. The predicted octanol–water partition coefficient (Wildman–Crippen LogP) is 0.827. The Labute approximate surface area is 112 Å². The van der Waals surface area contributed by atoms with Crippen LogP contribution in [0.5, 0.6) is 11.5 Å². The van der Waals surface area contributed by atoms with Crippen LogP contribution in [0.25, 0.3) is 0 Å². The Bertz CT molecular complexity index is 468. The number of guanidine groups is 1. The Balaban J connectivity index is 2.88. The summed E-state index contributed by atoms with van der Waals surface area (Å²) in [4.78, 5) is 15.0. The standard InChI is InChI=1S/C13H19N3O3/c1-3-18-10-6-5-9(7-11(10)19-4-2)8-12(17)16-13(14)15/h5-7H,3-4,8H2,1-2H3,(H4,14,15,16,17). The van der Waals surface area contributed by atoms with Crippen molar-refractivity contribution in [3.8, 4) is 11.5 Å². The lowest BCUT2D eigenvalue weighted by atomic mass is 10.1. The summed E-state index contributed by atoms with van der Waals surface area (Å²) >= 11 is 0. The molecule has 1 aromatic carbocycles. The number of carbonyl (C=O) groups excluding carboxylic acids is 1. The van der Waals surface area contributed by atoms with Gasteiger partial charge in [-0.2, -0.15) is 4.99 Å². The summed E-state index contributed by atoms with van der Waals surface area (Å²) in [6, 6.07) is 5.31. The summed E-state index contributed by atoms with van der Waals surface area (Å²) in [7, 11) is 0. The molecule has 1 amide bonds. The van der Waals surface area contributed by atoms with Crippen molar-refractivity contribution in [3.05, 3.63) is 23.8 Å². The first-order valence-corrected chi connectivity index (χ1v) is 6.07. The van der Waals surface area contributed by atoms with E-state index in [-0.39, 0.29) is 12.4 Å². The second kappa shape index (κ2) is 7.25. The van der Waals surface area contributed by atoms with E-state index in [4.69, 9.17) is 20.9 Å². The smallest absolute Gasteiger partial charge is 0.253 e. The zero-order valence-corrected chi connectivity index (χ0v) is 11.2. The van der Waals surface area contributed by atoms with Crippen LogP contribution in [-0.2, 0) is 11.2 Å². The number of benzene rings is 1. The van der Waals surface area contributed by atoms with Gasteiger partial charge in [0.05, 0.1) is 19.6 Å². The SMILES string of the molecule is CCOc1ccc(CC(=O)N=C(N)N)cc1OCC. The largest absolute Gasteiger partial charge is 0.490 e. The van der Waals surface area contributed by atoms with Gasteiger partial charge in [-0.1, -0.05) is 6.07 Å². The lowest BCUT2D eigenvalue weighted by Gasteiger charge is -2.11. The highest BCUT2D eigenvalue weighted by molar-refractivity contribution is 5.92. The highest BCUT2D eigenvalue weighted by Crippen LogP contribution is 2.28.